The van der Waals surface area contributed by atoms with Crippen LogP contribution in [0.25, 0.3) is 5.13 Å². The van der Waals surface area contributed by atoms with E-state index < -0.39 is 5.97 Å². The smallest absolute Gasteiger partial charge is 0.360 e. The van der Waals surface area contributed by atoms with Crippen LogP contribution >= 0.6 is 11.3 Å². The van der Waals surface area contributed by atoms with E-state index in [4.69, 9.17) is 10.5 Å². The Morgan fingerprint density at radius 1 is 1.48 bits per heavy atom. The van der Waals surface area contributed by atoms with E-state index in [1.807, 2.05) is 6.92 Å². The average Bonchev–Trinajstić information content (AvgIpc) is 3.11. The van der Waals surface area contributed by atoms with Crippen LogP contribution in [-0.4, -0.2) is 27.1 Å². The molecule has 0 aromatic carbocycles. The maximum atomic E-state index is 11.9. The predicted molar refractivity (Wildman–Crippen MR) is 81.0 cm³/mol. The fraction of sp³-hybridized carbons (Fsp3) is 0.500. The number of thiazole rings is 1. The topological polar surface area (TPSA) is 83.0 Å². The molecule has 2 aromatic rings. The number of nitrogens with zero attached hydrogens (tertiary/aromatic N) is 3. The number of aryl methyl sites for hydroxylation is 1. The summed E-state index contributed by atoms with van der Waals surface area (Å²) in [5.74, 6) is 1.14. The summed E-state index contributed by atoms with van der Waals surface area (Å²) in [5.41, 5.74) is 7.40. The van der Waals surface area contributed by atoms with Crippen LogP contribution in [0.2, 0.25) is 0 Å². The number of rotatable bonds is 5. The quantitative estimate of drug-likeness (QED) is 0.858. The Balaban J connectivity index is 2.01. The zero-order valence-corrected chi connectivity index (χ0v) is 12.9. The summed E-state index contributed by atoms with van der Waals surface area (Å²) in [7, 11) is 0. The van der Waals surface area contributed by atoms with Crippen LogP contribution in [0.3, 0.4) is 0 Å². The fourth-order valence-electron chi connectivity index (χ4n) is 2.23. The number of anilines is 1. The second-order valence-corrected chi connectivity index (χ2v) is 5.84. The minimum Gasteiger partial charge on any atom is -0.461 e. The van der Waals surface area contributed by atoms with Gasteiger partial charge >= 0.3 is 5.97 Å². The Bertz CT molecular complexity index is 673. The van der Waals surface area contributed by atoms with E-state index in [1.54, 1.807) is 11.5 Å². The van der Waals surface area contributed by atoms with Crippen molar-refractivity contribution in [2.45, 2.75) is 39.0 Å². The van der Waals surface area contributed by atoms with E-state index in [1.165, 1.54) is 24.2 Å². The second kappa shape index (κ2) is 5.48. The molecule has 0 saturated heterocycles. The van der Waals surface area contributed by atoms with Crippen molar-refractivity contribution in [2.24, 2.45) is 0 Å². The van der Waals surface area contributed by atoms with E-state index in [2.05, 4.69) is 15.3 Å². The minimum atomic E-state index is -0.484. The molecule has 0 aliphatic heterocycles. The Kier molecular flexibility index (Phi) is 3.67. The van der Waals surface area contributed by atoms with Crippen LogP contribution in [0.4, 0.5) is 5.82 Å². The Morgan fingerprint density at radius 2 is 2.24 bits per heavy atom. The molecule has 2 N–H and O–H groups in total. The number of nitrogen functional groups attached to an aromatic ring is 1. The van der Waals surface area contributed by atoms with Crippen molar-refractivity contribution in [3.05, 3.63) is 22.6 Å². The normalized spacial score (nSPS) is 14.4. The van der Waals surface area contributed by atoms with E-state index in [0.717, 1.165) is 16.6 Å². The molecule has 1 aliphatic rings. The molecule has 7 heteroatoms. The van der Waals surface area contributed by atoms with E-state index in [-0.39, 0.29) is 5.69 Å². The second-order valence-electron chi connectivity index (χ2n) is 5.00. The Morgan fingerprint density at radius 3 is 2.86 bits per heavy atom. The number of hydrogen-bond donors (Lipinski definition) is 1. The van der Waals surface area contributed by atoms with Gasteiger partial charge in [-0.3, -0.25) is 4.57 Å². The van der Waals surface area contributed by atoms with Gasteiger partial charge in [0.1, 0.15) is 11.6 Å². The van der Waals surface area contributed by atoms with Crippen molar-refractivity contribution in [1.29, 1.82) is 0 Å². The molecule has 0 amide bonds. The van der Waals surface area contributed by atoms with Crippen molar-refractivity contribution in [3.8, 4) is 5.13 Å². The molecule has 0 spiro atoms. The molecule has 0 unspecified atom stereocenters. The molecule has 21 heavy (non-hydrogen) atoms. The number of imidazole rings is 1. The third-order valence-electron chi connectivity index (χ3n) is 3.46. The Hall–Kier alpha value is -1.89. The lowest BCUT2D eigenvalue weighted by Crippen LogP contribution is -2.09. The molecule has 3 rings (SSSR count). The van der Waals surface area contributed by atoms with Gasteiger partial charge in [-0.2, -0.15) is 0 Å². The molecule has 1 aliphatic carbocycles. The maximum absolute atomic E-state index is 11.9. The number of nitrogens with two attached hydrogens (primary N) is 1. The summed E-state index contributed by atoms with van der Waals surface area (Å²) >= 11 is 1.53. The molecule has 2 heterocycles. The molecule has 6 nitrogen and oxygen atoms in total. The summed E-state index contributed by atoms with van der Waals surface area (Å²) in [6.07, 6.45) is 3.08. The largest absolute Gasteiger partial charge is 0.461 e. The maximum Gasteiger partial charge on any atom is 0.360 e. The third-order valence-corrected chi connectivity index (χ3v) is 4.31. The molecular weight excluding hydrogens is 288 g/mol. The first-order valence-corrected chi connectivity index (χ1v) is 8.03. The fourth-order valence-corrected chi connectivity index (χ4v) is 3.17. The van der Waals surface area contributed by atoms with Crippen molar-refractivity contribution in [3.63, 3.8) is 0 Å². The van der Waals surface area contributed by atoms with Gasteiger partial charge in [0.15, 0.2) is 10.8 Å². The zero-order chi connectivity index (χ0) is 15.0. The summed E-state index contributed by atoms with van der Waals surface area (Å²) in [5, 5.41) is 2.84. The number of ether oxygens (including phenoxy) is 1. The average molecular weight is 306 g/mol. The highest BCUT2D eigenvalue weighted by molar-refractivity contribution is 7.12. The van der Waals surface area contributed by atoms with Gasteiger partial charge in [-0.15, -0.1) is 11.3 Å². The zero-order valence-electron chi connectivity index (χ0n) is 12.1. The summed E-state index contributed by atoms with van der Waals surface area (Å²) < 4.78 is 6.77. The standard InChI is InChI=1S/C14H18N4O2S/c1-3-10-17-11(13(19)20-4-2)12(15)18(10)14-16-9(7-21-14)8-5-6-8/h7-8H,3-6,15H2,1-2H3. The van der Waals surface area contributed by atoms with Crippen LogP contribution in [0.1, 0.15) is 54.6 Å². The van der Waals surface area contributed by atoms with Crippen molar-refractivity contribution < 1.29 is 9.53 Å². The van der Waals surface area contributed by atoms with Gasteiger partial charge in [0.25, 0.3) is 0 Å². The summed E-state index contributed by atoms with van der Waals surface area (Å²) in [6, 6.07) is 0. The molecule has 0 bridgehead atoms. The van der Waals surface area contributed by atoms with Crippen molar-refractivity contribution in [2.75, 3.05) is 12.3 Å². The van der Waals surface area contributed by atoms with Gasteiger partial charge in [0.2, 0.25) is 0 Å². The van der Waals surface area contributed by atoms with Crippen LogP contribution in [0, 0.1) is 0 Å². The number of hydrogen-bond acceptors (Lipinski definition) is 6. The van der Waals surface area contributed by atoms with Crippen LogP contribution in [0.15, 0.2) is 5.38 Å². The van der Waals surface area contributed by atoms with Gasteiger partial charge in [-0.1, -0.05) is 6.92 Å². The molecule has 1 fully saturated rings. The van der Waals surface area contributed by atoms with E-state index >= 15 is 0 Å². The number of esters is 1. The van der Waals surface area contributed by atoms with Gasteiger partial charge in [0.05, 0.1) is 12.3 Å². The predicted octanol–water partition coefficient (Wildman–Crippen LogP) is 2.53. The van der Waals surface area contributed by atoms with E-state index in [0.29, 0.717) is 24.8 Å². The highest BCUT2D eigenvalue weighted by Gasteiger charge is 2.28. The first-order valence-electron chi connectivity index (χ1n) is 7.15. The number of carbonyl (C=O) groups excluding carboxylic acids is 1. The number of aromatic nitrogens is 3. The molecule has 0 atom stereocenters. The Labute approximate surface area is 127 Å². The molecule has 112 valence electrons. The van der Waals surface area contributed by atoms with Gasteiger partial charge < -0.3 is 10.5 Å². The third kappa shape index (κ3) is 2.53. The van der Waals surface area contributed by atoms with Crippen molar-refractivity contribution >= 4 is 23.1 Å². The van der Waals surface area contributed by atoms with Crippen LogP contribution in [-0.2, 0) is 11.2 Å². The highest BCUT2D eigenvalue weighted by Crippen LogP contribution is 2.41. The highest BCUT2D eigenvalue weighted by atomic mass is 32.1. The first kappa shape index (κ1) is 14.1. The number of carbonyl (C=O) groups is 1. The van der Waals surface area contributed by atoms with Crippen LogP contribution in [0.5, 0.6) is 0 Å². The van der Waals surface area contributed by atoms with E-state index in [9.17, 15) is 4.79 Å². The molecule has 1 saturated carbocycles. The summed E-state index contributed by atoms with van der Waals surface area (Å²) in [6.45, 7) is 4.03. The van der Waals surface area contributed by atoms with Crippen LogP contribution < -0.4 is 5.73 Å². The molecule has 0 radical (unpaired) electrons. The van der Waals surface area contributed by atoms with Gasteiger partial charge in [0, 0.05) is 17.7 Å². The van der Waals surface area contributed by atoms with Crippen molar-refractivity contribution in [1.82, 2.24) is 14.5 Å². The lowest BCUT2D eigenvalue weighted by Gasteiger charge is -2.04. The van der Waals surface area contributed by atoms with Gasteiger partial charge in [-0.05, 0) is 19.8 Å². The lowest BCUT2D eigenvalue weighted by atomic mass is 10.3. The lowest BCUT2D eigenvalue weighted by molar-refractivity contribution is 0.0521. The minimum absolute atomic E-state index is 0.178. The summed E-state index contributed by atoms with van der Waals surface area (Å²) in [4.78, 5) is 20.9. The van der Waals surface area contributed by atoms with Gasteiger partial charge in [-0.25, -0.2) is 14.8 Å². The first-order chi connectivity index (χ1) is 10.2. The molecule has 2 aromatic heterocycles. The molecular formula is C14H18N4O2S. The SMILES string of the molecule is CCOC(=O)c1nc(CC)n(-c2nc(C3CC3)cs2)c1N. The monoisotopic (exact) mass is 306 g/mol.